The molecule has 0 amide bonds. The molecule has 6 heteroatoms. The standard InChI is InChI=1S/C50H42N6/c1-49(2,3)41-23-19-31(20-24-41)43-51-45-37-15-7-11-33(27-37)35-13-9-17-39(29-35)47-53-44(32-21-25-42(26-22-32)50(4,5)6)54-48(56-47)40-18-10-14-36(30-40)34-12-8-16-38(28-34)46(52-43)55-45/h7-30H,1-6H3. The monoisotopic (exact) mass is 726 g/mol. The quantitative estimate of drug-likeness (QED) is 0.176. The molecule has 9 aromatic rings. The molecule has 0 N–H and O–H groups in total. The van der Waals surface area contributed by atoms with Gasteiger partial charge in [-0.2, -0.15) is 0 Å². The lowest BCUT2D eigenvalue weighted by Crippen LogP contribution is -2.10. The highest BCUT2D eigenvalue weighted by atomic mass is 15.0. The Morgan fingerprint density at radius 1 is 0.286 bits per heavy atom. The third kappa shape index (κ3) is 6.90. The van der Waals surface area contributed by atoms with Crippen molar-refractivity contribution in [3.63, 3.8) is 0 Å². The van der Waals surface area contributed by atoms with Crippen LogP contribution in [0.2, 0.25) is 0 Å². The molecular formula is C50H42N6. The van der Waals surface area contributed by atoms with Gasteiger partial charge in [0, 0.05) is 32.7 Å². The van der Waals surface area contributed by atoms with E-state index in [1.807, 2.05) is 0 Å². The van der Waals surface area contributed by atoms with Gasteiger partial charge in [0.2, 0.25) is 0 Å². The highest BCUT2D eigenvalue weighted by Gasteiger charge is 2.16. The van der Waals surface area contributed by atoms with Crippen molar-refractivity contribution in [3.8, 4) is 22.8 Å². The van der Waals surface area contributed by atoms with Crippen molar-refractivity contribution in [2.75, 3.05) is 0 Å². The van der Waals surface area contributed by atoms with E-state index in [4.69, 9.17) is 29.9 Å². The van der Waals surface area contributed by atoms with Crippen LogP contribution in [0.15, 0.2) is 146 Å². The summed E-state index contributed by atoms with van der Waals surface area (Å²) in [6, 6.07) is 50.7. The maximum Gasteiger partial charge on any atom is 0.164 e. The van der Waals surface area contributed by atoms with Crippen LogP contribution in [0.1, 0.15) is 52.7 Å². The maximum absolute atomic E-state index is 5.11. The average molecular weight is 727 g/mol. The van der Waals surface area contributed by atoms with Gasteiger partial charge in [0.05, 0.1) is 0 Å². The first kappa shape index (κ1) is 35.1. The van der Waals surface area contributed by atoms with Gasteiger partial charge in [0.25, 0.3) is 0 Å². The van der Waals surface area contributed by atoms with Gasteiger partial charge in [-0.15, -0.1) is 0 Å². The Balaban J connectivity index is 1.38. The zero-order valence-corrected chi connectivity index (χ0v) is 32.5. The minimum Gasteiger partial charge on any atom is -0.208 e. The van der Waals surface area contributed by atoms with Crippen molar-refractivity contribution in [2.45, 2.75) is 52.4 Å². The molecule has 0 radical (unpaired) electrons. The first-order chi connectivity index (χ1) is 26.9. The Hall–Kier alpha value is -6.66. The summed E-state index contributed by atoms with van der Waals surface area (Å²) in [5.74, 6) is 1.26. The van der Waals surface area contributed by atoms with Crippen LogP contribution in [0.4, 0.5) is 0 Å². The second-order valence-corrected chi connectivity index (χ2v) is 16.6. The molecule has 272 valence electrons. The Labute approximate surface area is 326 Å². The molecule has 12 bridgehead atoms. The molecule has 0 saturated carbocycles. The number of fused-ring (bicyclic) bond motifs is 18. The van der Waals surface area contributed by atoms with Crippen LogP contribution in [0.5, 0.6) is 0 Å². The van der Waals surface area contributed by atoms with Crippen molar-refractivity contribution >= 4 is 65.7 Å². The average Bonchev–Trinajstić information content (AvgIpc) is 3.23. The van der Waals surface area contributed by atoms with Crippen molar-refractivity contribution < 1.29 is 0 Å². The van der Waals surface area contributed by atoms with Crippen LogP contribution in [-0.2, 0) is 10.8 Å². The summed E-state index contributed by atoms with van der Waals surface area (Å²) in [6.07, 6.45) is 0. The molecule has 0 spiro atoms. The zero-order chi connectivity index (χ0) is 38.6. The molecule has 3 heterocycles. The van der Waals surface area contributed by atoms with Crippen molar-refractivity contribution in [1.82, 2.24) is 29.9 Å². The fourth-order valence-electron chi connectivity index (χ4n) is 7.12. The van der Waals surface area contributed by atoms with Crippen molar-refractivity contribution in [2.24, 2.45) is 0 Å². The number of hydrogen-bond acceptors (Lipinski definition) is 6. The fraction of sp³-hybridized carbons (Fsp3) is 0.160. The van der Waals surface area contributed by atoms with E-state index in [1.54, 1.807) is 0 Å². The van der Waals surface area contributed by atoms with Gasteiger partial charge < -0.3 is 0 Å². The van der Waals surface area contributed by atoms with Crippen LogP contribution in [0, 0.1) is 0 Å². The third-order valence-electron chi connectivity index (χ3n) is 10.4. The van der Waals surface area contributed by atoms with E-state index >= 15 is 0 Å². The summed E-state index contributed by atoms with van der Waals surface area (Å²) in [5.41, 5.74) is 6.91. The van der Waals surface area contributed by atoms with Crippen molar-refractivity contribution in [3.05, 3.63) is 157 Å². The van der Waals surface area contributed by atoms with Gasteiger partial charge in [0.1, 0.15) is 0 Å². The van der Waals surface area contributed by atoms with Gasteiger partial charge in [-0.1, -0.05) is 163 Å². The van der Waals surface area contributed by atoms with E-state index < -0.39 is 0 Å². The first-order valence-corrected chi connectivity index (χ1v) is 19.1. The molecule has 6 aromatic carbocycles. The minimum absolute atomic E-state index is 0.0365. The van der Waals surface area contributed by atoms with E-state index in [0.717, 1.165) is 54.2 Å². The summed E-state index contributed by atoms with van der Waals surface area (Å²) >= 11 is 0. The van der Waals surface area contributed by atoms with E-state index in [2.05, 4.69) is 187 Å². The summed E-state index contributed by atoms with van der Waals surface area (Å²) in [6.45, 7) is 13.3. The van der Waals surface area contributed by atoms with Gasteiger partial charge in [0.15, 0.2) is 34.2 Å². The van der Waals surface area contributed by atoms with Gasteiger partial charge in [-0.25, -0.2) is 29.9 Å². The fourth-order valence-corrected chi connectivity index (χ4v) is 7.12. The molecule has 0 saturated heterocycles. The summed E-state index contributed by atoms with van der Waals surface area (Å²) in [4.78, 5) is 30.6. The largest absolute Gasteiger partial charge is 0.208 e. The molecular weight excluding hydrogens is 685 g/mol. The number of hydrogen-bond donors (Lipinski definition) is 0. The Kier molecular flexibility index (Phi) is 8.50. The smallest absolute Gasteiger partial charge is 0.164 e. The van der Waals surface area contributed by atoms with E-state index in [1.165, 1.54) is 11.1 Å². The number of nitrogens with zero attached hydrogens (tertiary/aromatic N) is 6. The van der Waals surface area contributed by atoms with Crippen LogP contribution in [0.25, 0.3) is 88.5 Å². The van der Waals surface area contributed by atoms with Gasteiger partial charge in [-0.05, 0) is 67.8 Å². The summed E-state index contributed by atoms with van der Waals surface area (Å²) < 4.78 is 0. The summed E-state index contributed by atoms with van der Waals surface area (Å²) in [7, 11) is 0. The molecule has 6 nitrogen and oxygen atoms in total. The predicted octanol–water partition coefficient (Wildman–Crippen LogP) is 12.6. The van der Waals surface area contributed by atoms with Gasteiger partial charge in [-0.3, -0.25) is 0 Å². The summed E-state index contributed by atoms with van der Waals surface area (Å²) in [5, 5.41) is 7.73. The number of rotatable bonds is 2. The SMILES string of the molecule is CC(C)(C)c1ccc(-c2nc3nc(n2)c2cccc(c2)c2cccc(c2)c2nc(-c4ccc(C(C)(C)C)cc4)nc(n2)c2cccc(c2)c2cccc3c2)cc1. The van der Waals surface area contributed by atoms with Crippen LogP contribution < -0.4 is 0 Å². The maximum atomic E-state index is 5.11. The Bertz CT molecular complexity index is 2720. The van der Waals surface area contributed by atoms with E-state index in [9.17, 15) is 0 Å². The molecule has 3 aromatic heterocycles. The molecule has 0 unspecified atom stereocenters. The van der Waals surface area contributed by atoms with Crippen LogP contribution in [0.3, 0.4) is 0 Å². The normalized spacial score (nSPS) is 12.1. The molecule has 56 heavy (non-hydrogen) atoms. The second kappa shape index (κ2) is 13.6. The molecule has 0 fully saturated rings. The molecule has 0 aliphatic carbocycles. The van der Waals surface area contributed by atoms with E-state index in [-0.39, 0.29) is 10.8 Å². The molecule has 9 rings (SSSR count). The van der Waals surface area contributed by atoms with Gasteiger partial charge >= 0.3 is 0 Å². The Morgan fingerprint density at radius 2 is 0.536 bits per heavy atom. The van der Waals surface area contributed by atoms with Crippen LogP contribution in [-0.4, -0.2) is 29.9 Å². The lowest BCUT2D eigenvalue weighted by Gasteiger charge is -2.19. The second-order valence-electron chi connectivity index (χ2n) is 16.6. The van der Waals surface area contributed by atoms with Crippen LogP contribution >= 0.6 is 0 Å². The predicted molar refractivity (Wildman–Crippen MR) is 233 cm³/mol. The zero-order valence-electron chi connectivity index (χ0n) is 32.5. The first-order valence-electron chi connectivity index (χ1n) is 19.1. The molecule has 0 aliphatic rings. The topological polar surface area (TPSA) is 77.3 Å². The highest BCUT2D eigenvalue weighted by molar-refractivity contribution is 5.96. The lowest BCUT2D eigenvalue weighted by atomic mass is 9.86. The molecule has 0 atom stereocenters. The number of benzene rings is 6. The molecule has 0 aliphatic heterocycles. The van der Waals surface area contributed by atoms with Crippen molar-refractivity contribution in [1.29, 1.82) is 0 Å². The Morgan fingerprint density at radius 3 is 0.786 bits per heavy atom. The highest BCUT2D eigenvalue weighted by Crippen LogP contribution is 2.29. The van der Waals surface area contributed by atoms with E-state index in [0.29, 0.717) is 34.2 Å². The number of aromatic nitrogens is 6. The third-order valence-corrected chi connectivity index (χ3v) is 10.4. The minimum atomic E-state index is 0.0365. The lowest BCUT2D eigenvalue weighted by molar-refractivity contribution is 0.590.